The lowest BCUT2D eigenvalue weighted by molar-refractivity contribution is -0.159. The molecule has 0 saturated heterocycles. The van der Waals surface area contributed by atoms with E-state index in [2.05, 4.69) is 34.6 Å². The molecule has 4 rings (SSSR count). The molecule has 0 radical (unpaired) electrons. The van der Waals surface area contributed by atoms with E-state index in [1.54, 1.807) is 54.2 Å². The highest BCUT2D eigenvalue weighted by Crippen LogP contribution is 2.33. The molecule has 0 amide bonds. The molecule has 4 aromatic rings. The topological polar surface area (TPSA) is 93.7 Å². The van der Waals surface area contributed by atoms with E-state index >= 15 is 0 Å². The van der Waals surface area contributed by atoms with Crippen LogP contribution in [-0.4, -0.2) is 30.1 Å². The van der Waals surface area contributed by atoms with Gasteiger partial charge in [0.2, 0.25) is 5.82 Å². The first-order valence-electron chi connectivity index (χ1n) is 9.80. The standard InChI is InChI=1S/C16H10F3N7OS.2C2H6/c17-16(18,19)15-24-14(25-27-15)11-2-1-10(28-11)9-26(12-7-20-3-5-22-12)13-8-21-4-6-23-13;2*1-2/h1-8H,9H2;2*1-2H3. The van der Waals surface area contributed by atoms with Crippen molar-refractivity contribution in [3.05, 3.63) is 60.1 Å². The Kier molecular flexibility index (Phi) is 9.20. The maximum absolute atomic E-state index is 12.6. The van der Waals surface area contributed by atoms with Gasteiger partial charge < -0.3 is 9.42 Å². The first-order chi connectivity index (χ1) is 15.5. The molecule has 32 heavy (non-hydrogen) atoms. The first-order valence-corrected chi connectivity index (χ1v) is 10.6. The highest BCUT2D eigenvalue weighted by Gasteiger charge is 2.38. The van der Waals surface area contributed by atoms with Crippen molar-refractivity contribution in [1.29, 1.82) is 0 Å². The third-order valence-electron chi connectivity index (χ3n) is 3.52. The molecule has 0 fully saturated rings. The van der Waals surface area contributed by atoms with Gasteiger partial charge >= 0.3 is 12.1 Å². The number of aromatic nitrogens is 6. The van der Waals surface area contributed by atoms with Gasteiger partial charge in [-0.15, -0.1) is 11.3 Å². The summed E-state index contributed by atoms with van der Waals surface area (Å²) < 4.78 is 42.2. The summed E-state index contributed by atoms with van der Waals surface area (Å²) in [5.74, 6) is -0.388. The zero-order valence-electron chi connectivity index (χ0n) is 17.9. The fourth-order valence-corrected chi connectivity index (χ4v) is 3.24. The molecule has 4 heterocycles. The van der Waals surface area contributed by atoms with Gasteiger partial charge in [0.25, 0.3) is 0 Å². The zero-order valence-corrected chi connectivity index (χ0v) is 18.7. The van der Waals surface area contributed by atoms with E-state index in [-0.39, 0.29) is 5.82 Å². The van der Waals surface area contributed by atoms with Crippen LogP contribution >= 0.6 is 11.3 Å². The Balaban J connectivity index is 0.000000860. The number of alkyl halides is 3. The molecule has 170 valence electrons. The van der Waals surface area contributed by atoms with E-state index in [0.717, 1.165) is 4.88 Å². The summed E-state index contributed by atoms with van der Waals surface area (Å²) in [7, 11) is 0. The molecular weight excluding hydrogens is 443 g/mol. The van der Waals surface area contributed by atoms with Crippen LogP contribution in [0, 0.1) is 0 Å². The summed E-state index contributed by atoms with van der Waals surface area (Å²) in [5.41, 5.74) is 0. The average Bonchev–Trinajstić information content (AvgIpc) is 3.51. The Labute approximate surface area is 187 Å². The van der Waals surface area contributed by atoms with Crippen molar-refractivity contribution in [3.63, 3.8) is 0 Å². The van der Waals surface area contributed by atoms with Crippen LogP contribution in [0.2, 0.25) is 0 Å². The SMILES string of the molecule is CC.CC.FC(F)(F)c1nc(-c2ccc(CN(c3cnccn3)c3cnccn3)s2)no1. The van der Waals surface area contributed by atoms with Crippen molar-refractivity contribution in [2.45, 2.75) is 40.4 Å². The van der Waals surface area contributed by atoms with Crippen molar-refractivity contribution in [2.24, 2.45) is 0 Å². The molecule has 12 heteroatoms. The lowest BCUT2D eigenvalue weighted by Gasteiger charge is -2.21. The van der Waals surface area contributed by atoms with E-state index in [4.69, 9.17) is 0 Å². The summed E-state index contributed by atoms with van der Waals surface area (Å²) in [6.45, 7) is 8.35. The molecular formula is C20H22F3N7OS. The van der Waals surface area contributed by atoms with Crippen LogP contribution in [0.4, 0.5) is 24.8 Å². The molecule has 0 aromatic carbocycles. The summed E-state index contributed by atoms with van der Waals surface area (Å²) >= 11 is 1.24. The van der Waals surface area contributed by atoms with Gasteiger partial charge in [0.1, 0.15) is 0 Å². The quantitative estimate of drug-likeness (QED) is 0.366. The summed E-state index contributed by atoms with van der Waals surface area (Å²) in [5, 5.41) is 3.41. The molecule has 0 spiro atoms. The molecule has 0 bridgehead atoms. The van der Waals surface area contributed by atoms with Gasteiger partial charge in [-0.25, -0.2) is 9.97 Å². The van der Waals surface area contributed by atoms with Crippen LogP contribution in [0.5, 0.6) is 0 Å². The van der Waals surface area contributed by atoms with Gasteiger partial charge in [-0.3, -0.25) is 9.97 Å². The first kappa shape index (κ1) is 24.9. The van der Waals surface area contributed by atoms with Gasteiger partial charge in [0, 0.05) is 29.7 Å². The smallest absolute Gasteiger partial charge is 0.329 e. The molecule has 0 aliphatic rings. The molecule has 0 aliphatic carbocycles. The number of anilines is 2. The minimum atomic E-state index is -4.68. The predicted octanol–water partition coefficient (Wildman–Crippen LogP) is 5.79. The number of halogens is 3. The van der Waals surface area contributed by atoms with E-state index in [1.807, 2.05) is 27.7 Å². The van der Waals surface area contributed by atoms with Crippen molar-refractivity contribution in [2.75, 3.05) is 4.90 Å². The third kappa shape index (κ3) is 6.30. The van der Waals surface area contributed by atoms with Gasteiger partial charge in [-0.2, -0.15) is 18.2 Å². The van der Waals surface area contributed by atoms with Crippen molar-refractivity contribution in [1.82, 2.24) is 30.1 Å². The fraction of sp³-hybridized carbons (Fsp3) is 0.300. The summed E-state index contributed by atoms with van der Waals surface area (Å²) in [6, 6.07) is 3.40. The monoisotopic (exact) mass is 465 g/mol. The van der Waals surface area contributed by atoms with E-state index in [1.165, 1.54) is 11.3 Å². The van der Waals surface area contributed by atoms with E-state index < -0.39 is 12.1 Å². The largest absolute Gasteiger partial charge is 0.471 e. The van der Waals surface area contributed by atoms with Crippen LogP contribution in [0.25, 0.3) is 10.7 Å². The summed E-state index contributed by atoms with van der Waals surface area (Å²) in [6.07, 6.45) is 4.69. The minimum Gasteiger partial charge on any atom is -0.329 e. The molecule has 0 unspecified atom stereocenters. The fourth-order valence-electron chi connectivity index (χ4n) is 2.32. The lowest BCUT2D eigenvalue weighted by Crippen LogP contribution is -2.18. The van der Waals surface area contributed by atoms with E-state index in [9.17, 15) is 13.2 Å². The maximum atomic E-state index is 12.6. The van der Waals surface area contributed by atoms with Crippen LogP contribution in [0.1, 0.15) is 38.5 Å². The van der Waals surface area contributed by atoms with Crippen molar-refractivity contribution < 1.29 is 17.7 Å². The maximum Gasteiger partial charge on any atom is 0.471 e. The second-order valence-electron chi connectivity index (χ2n) is 5.40. The van der Waals surface area contributed by atoms with Crippen LogP contribution < -0.4 is 4.90 Å². The molecule has 0 N–H and O–H groups in total. The number of nitrogens with zero attached hydrogens (tertiary/aromatic N) is 7. The third-order valence-corrected chi connectivity index (χ3v) is 4.58. The highest BCUT2D eigenvalue weighted by atomic mass is 32.1. The Hall–Kier alpha value is -3.41. The number of rotatable bonds is 5. The average molecular weight is 466 g/mol. The Bertz CT molecular complexity index is 1020. The molecule has 8 nitrogen and oxygen atoms in total. The van der Waals surface area contributed by atoms with Gasteiger partial charge in [0.05, 0.1) is 23.8 Å². The second-order valence-corrected chi connectivity index (χ2v) is 6.57. The predicted molar refractivity (Wildman–Crippen MR) is 115 cm³/mol. The van der Waals surface area contributed by atoms with Gasteiger partial charge in [0.15, 0.2) is 11.6 Å². The molecule has 0 aliphatic heterocycles. The van der Waals surface area contributed by atoms with E-state index in [0.29, 0.717) is 23.1 Å². The molecule has 0 atom stereocenters. The Morgan fingerprint density at radius 3 is 1.97 bits per heavy atom. The Morgan fingerprint density at radius 1 is 0.906 bits per heavy atom. The van der Waals surface area contributed by atoms with Gasteiger partial charge in [-0.1, -0.05) is 32.9 Å². The van der Waals surface area contributed by atoms with Crippen molar-refractivity contribution >= 4 is 23.0 Å². The highest BCUT2D eigenvalue weighted by molar-refractivity contribution is 7.15. The number of hydrogen-bond donors (Lipinski definition) is 0. The minimum absolute atomic E-state index is 0.117. The summed E-state index contributed by atoms with van der Waals surface area (Å²) in [4.78, 5) is 23.2. The van der Waals surface area contributed by atoms with Crippen LogP contribution in [0.15, 0.2) is 53.8 Å². The number of hydrogen-bond acceptors (Lipinski definition) is 9. The van der Waals surface area contributed by atoms with Crippen LogP contribution in [0.3, 0.4) is 0 Å². The Morgan fingerprint density at radius 2 is 1.50 bits per heavy atom. The molecule has 0 saturated carbocycles. The number of thiophene rings is 1. The zero-order chi connectivity index (χ0) is 23.6. The van der Waals surface area contributed by atoms with Crippen molar-refractivity contribution in [3.8, 4) is 10.7 Å². The lowest BCUT2D eigenvalue weighted by atomic mass is 10.3. The second kappa shape index (κ2) is 11.8. The van der Waals surface area contributed by atoms with Crippen LogP contribution in [-0.2, 0) is 12.7 Å². The van der Waals surface area contributed by atoms with Gasteiger partial charge in [-0.05, 0) is 12.1 Å². The molecule has 4 aromatic heterocycles. The normalized spacial score (nSPS) is 10.5.